The van der Waals surface area contributed by atoms with Crippen LogP contribution in [0.4, 0.5) is 0 Å². The third-order valence-electron chi connectivity index (χ3n) is 3.82. The third kappa shape index (κ3) is 4.34. The second kappa shape index (κ2) is 8.05. The van der Waals surface area contributed by atoms with Crippen LogP contribution in [-0.4, -0.2) is 25.5 Å². The van der Waals surface area contributed by atoms with Gasteiger partial charge in [-0.25, -0.2) is 0 Å². The smallest absolute Gasteiger partial charge is 0.167 e. The lowest BCUT2D eigenvalue weighted by atomic mass is 9.91. The number of rotatable bonds is 7. The Morgan fingerprint density at radius 3 is 2.75 bits per heavy atom. The molecule has 1 saturated heterocycles. The fourth-order valence-electron chi connectivity index (χ4n) is 2.57. The Bertz CT molecular complexity index is 408. The Labute approximate surface area is 121 Å². The van der Waals surface area contributed by atoms with Gasteiger partial charge in [-0.05, 0) is 50.1 Å². The average molecular weight is 275 g/mol. The van der Waals surface area contributed by atoms with Gasteiger partial charge in [0.2, 0.25) is 0 Å². The second-order valence-electron chi connectivity index (χ2n) is 5.49. The Hall–Kier alpha value is -1.35. The van der Waals surface area contributed by atoms with E-state index in [1.165, 1.54) is 12.8 Å². The lowest BCUT2D eigenvalue weighted by Gasteiger charge is -2.21. The quantitative estimate of drug-likeness (QED) is 0.612. The summed E-state index contributed by atoms with van der Waals surface area (Å²) in [6.45, 7) is 4.79. The van der Waals surface area contributed by atoms with Crippen LogP contribution in [0.2, 0.25) is 0 Å². The summed E-state index contributed by atoms with van der Waals surface area (Å²) in [5.41, 5.74) is 0.805. The van der Waals surface area contributed by atoms with E-state index < -0.39 is 0 Å². The number of hydrogen-bond donors (Lipinski definition) is 1. The van der Waals surface area contributed by atoms with E-state index in [4.69, 9.17) is 4.74 Å². The summed E-state index contributed by atoms with van der Waals surface area (Å²) in [6, 6.07) is 7.61. The SMILES string of the molecule is CCCCCOc1ccc(C(=O)C2CCCNC2)cc1. The Morgan fingerprint density at radius 2 is 2.10 bits per heavy atom. The molecule has 3 heteroatoms. The van der Waals surface area contributed by atoms with Crippen molar-refractivity contribution in [1.82, 2.24) is 5.32 Å². The molecule has 0 bridgehead atoms. The van der Waals surface area contributed by atoms with Crippen molar-refractivity contribution in [2.24, 2.45) is 5.92 Å². The number of benzene rings is 1. The van der Waals surface area contributed by atoms with Crippen molar-refractivity contribution in [2.75, 3.05) is 19.7 Å². The fourth-order valence-corrected chi connectivity index (χ4v) is 2.57. The number of hydrogen-bond acceptors (Lipinski definition) is 3. The van der Waals surface area contributed by atoms with Crippen LogP contribution in [0.15, 0.2) is 24.3 Å². The highest BCUT2D eigenvalue weighted by atomic mass is 16.5. The number of ketones is 1. The van der Waals surface area contributed by atoms with Gasteiger partial charge in [0.25, 0.3) is 0 Å². The van der Waals surface area contributed by atoms with Crippen molar-refractivity contribution >= 4 is 5.78 Å². The Balaban J connectivity index is 1.85. The molecule has 0 radical (unpaired) electrons. The van der Waals surface area contributed by atoms with Gasteiger partial charge in [-0.2, -0.15) is 0 Å². The van der Waals surface area contributed by atoms with Gasteiger partial charge in [0.05, 0.1) is 6.61 Å². The number of Topliss-reactive ketones (excluding diaryl/α,β-unsaturated/α-hetero) is 1. The summed E-state index contributed by atoms with van der Waals surface area (Å²) in [6.07, 6.45) is 5.58. The summed E-state index contributed by atoms with van der Waals surface area (Å²) >= 11 is 0. The molecule has 0 aromatic heterocycles. The molecule has 2 rings (SSSR count). The molecule has 1 heterocycles. The van der Waals surface area contributed by atoms with E-state index in [2.05, 4.69) is 12.2 Å². The first-order valence-electron chi connectivity index (χ1n) is 7.79. The van der Waals surface area contributed by atoms with Gasteiger partial charge in [0, 0.05) is 18.0 Å². The fraction of sp³-hybridized carbons (Fsp3) is 0.588. The minimum atomic E-state index is 0.139. The van der Waals surface area contributed by atoms with Crippen molar-refractivity contribution in [3.63, 3.8) is 0 Å². The minimum absolute atomic E-state index is 0.139. The largest absolute Gasteiger partial charge is 0.494 e. The molecule has 1 unspecified atom stereocenters. The third-order valence-corrected chi connectivity index (χ3v) is 3.82. The maximum Gasteiger partial charge on any atom is 0.167 e. The van der Waals surface area contributed by atoms with Crippen LogP contribution in [0.3, 0.4) is 0 Å². The van der Waals surface area contributed by atoms with Crippen LogP contribution in [-0.2, 0) is 0 Å². The van der Waals surface area contributed by atoms with E-state index in [0.29, 0.717) is 0 Å². The van der Waals surface area contributed by atoms with Gasteiger partial charge >= 0.3 is 0 Å². The summed E-state index contributed by atoms with van der Waals surface area (Å²) in [5, 5.41) is 3.29. The van der Waals surface area contributed by atoms with Gasteiger partial charge in [-0.15, -0.1) is 0 Å². The zero-order valence-electron chi connectivity index (χ0n) is 12.4. The second-order valence-corrected chi connectivity index (χ2v) is 5.49. The molecule has 1 atom stereocenters. The molecule has 20 heavy (non-hydrogen) atoms. The number of carbonyl (C=O) groups is 1. The number of unbranched alkanes of at least 4 members (excludes halogenated alkanes) is 2. The molecule has 1 aromatic carbocycles. The molecule has 0 spiro atoms. The number of ether oxygens (including phenoxy) is 1. The molecule has 0 amide bonds. The van der Waals surface area contributed by atoms with Gasteiger partial charge in [-0.1, -0.05) is 19.8 Å². The van der Waals surface area contributed by atoms with Gasteiger partial charge in [-0.3, -0.25) is 4.79 Å². The summed E-state index contributed by atoms with van der Waals surface area (Å²) in [5.74, 6) is 1.26. The monoisotopic (exact) mass is 275 g/mol. The highest BCUT2D eigenvalue weighted by Gasteiger charge is 2.21. The van der Waals surface area contributed by atoms with E-state index >= 15 is 0 Å². The maximum atomic E-state index is 12.3. The Morgan fingerprint density at radius 1 is 1.30 bits per heavy atom. The molecule has 3 nitrogen and oxygen atoms in total. The van der Waals surface area contributed by atoms with E-state index in [-0.39, 0.29) is 11.7 Å². The molecular weight excluding hydrogens is 250 g/mol. The van der Waals surface area contributed by atoms with Crippen LogP contribution in [0.1, 0.15) is 49.4 Å². The molecule has 1 aliphatic rings. The van der Waals surface area contributed by atoms with E-state index in [9.17, 15) is 4.79 Å². The van der Waals surface area contributed by atoms with Crippen LogP contribution < -0.4 is 10.1 Å². The predicted molar refractivity (Wildman–Crippen MR) is 81.4 cm³/mol. The van der Waals surface area contributed by atoms with Crippen LogP contribution in [0.25, 0.3) is 0 Å². The topological polar surface area (TPSA) is 38.3 Å². The summed E-state index contributed by atoms with van der Waals surface area (Å²) in [4.78, 5) is 12.3. The van der Waals surface area contributed by atoms with Crippen molar-refractivity contribution in [1.29, 1.82) is 0 Å². The van der Waals surface area contributed by atoms with Crippen molar-refractivity contribution in [3.8, 4) is 5.75 Å². The molecule has 1 aromatic rings. The number of nitrogens with one attached hydrogen (secondary N) is 1. The minimum Gasteiger partial charge on any atom is -0.494 e. The maximum absolute atomic E-state index is 12.3. The van der Waals surface area contributed by atoms with E-state index in [0.717, 1.165) is 50.3 Å². The average Bonchev–Trinajstić information content (AvgIpc) is 2.52. The lowest BCUT2D eigenvalue weighted by molar-refractivity contribution is 0.0899. The van der Waals surface area contributed by atoms with Gasteiger partial charge < -0.3 is 10.1 Å². The van der Waals surface area contributed by atoms with Gasteiger partial charge in [0.15, 0.2) is 5.78 Å². The van der Waals surface area contributed by atoms with E-state index in [1.807, 2.05) is 24.3 Å². The first kappa shape index (κ1) is 15.0. The molecule has 1 N–H and O–H groups in total. The number of piperidine rings is 1. The van der Waals surface area contributed by atoms with Crippen molar-refractivity contribution < 1.29 is 9.53 Å². The standard InChI is InChI=1S/C17H25NO2/c1-2-3-4-12-20-16-9-7-14(8-10-16)17(19)15-6-5-11-18-13-15/h7-10,15,18H,2-6,11-13H2,1H3. The highest BCUT2D eigenvalue weighted by molar-refractivity contribution is 5.98. The molecular formula is C17H25NO2. The first-order chi connectivity index (χ1) is 9.81. The first-order valence-corrected chi connectivity index (χ1v) is 7.79. The van der Waals surface area contributed by atoms with Crippen molar-refractivity contribution in [3.05, 3.63) is 29.8 Å². The molecule has 1 fully saturated rings. The predicted octanol–water partition coefficient (Wildman–Crippen LogP) is 3.44. The molecule has 1 aliphatic heterocycles. The van der Waals surface area contributed by atoms with Crippen LogP contribution in [0.5, 0.6) is 5.75 Å². The summed E-state index contributed by atoms with van der Waals surface area (Å²) in [7, 11) is 0. The highest BCUT2D eigenvalue weighted by Crippen LogP contribution is 2.19. The summed E-state index contributed by atoms with van der Waals surface area (Å²) < 4.78 is 5.66. The normalized spacial score (nSPS) is 18.8. The van der Waals surface area contributed by atoms with Crippen molar-refractivity contribution in [2.45, 2.75) is 39.0 Å². The van der Waals surface area contributed by atoms with Gasteiger partial charge in [0.1, 0.15) is 5.75 Å². The Kier molecular flexibility index (Phi) is 6.06. The lowest BCUT2D eigenvalue weighted by Crippen LogP contribution is -2.34. The van der Waals surface area contributed by atoms with Crippen LogP contribution in [0, 0.1) is 5.92 Å². The molecule has 110 valence electrons. The van der Waals surface area contributed by atoms with Crippen LogP contribution >= 0.6 is 0 Å². The zero-order chi connectivity index (χ0) is 14.2. The molecule has 0 saturated carbocycles. The zero-order valence-corrected chi connectivity index (χ0v) is 12.4. The van der Waals surface area contributed by atoms with E-state index in [1.54, 1.807) is 0 Å². The number of carbonyl (C=O) groups excluding carboxylic acids is 1. The molecule has 0 aliphatic carbocycles.